The van der Waals surface area contributed by atoms with E-state index in [-0.39, 0.29) is 0 Å². The zero-order valence-electron chi connectivity index (χ0n) is 19.0. The number of nitrogens with zero attached hydrogens (tertiary/aromatic N) is 7. The van der Waals surface area contributed by atoms with Crippen molar-refractivity contribution >= 4 is 0 Å². The maximum atomic E-state index is 4.87. The Hall–Kier alpha value is -3.42. The quantitative estimate of drug-likeness (QED) is 0.362. The fraction of sp³-hybridized carbons (Fsp3) is 0.417. The van der Waals surface area contributed by atoms with Crippen molar-refractivity contribution in [3.63, 3.8) is 0 Å². The molecule has 1 atom stereocenters. The van der Waals surface area contributed by atoms with E-state index >= 15 is 0 Å². The highest BCUT2D eigenvalue weighted by molar-refractivity contribution is 5.79. The van der Waals surface area contributed by atoms with Gasteiger partial charge >= 0.3 is 0 Å². The maximum absolute atomic E-state index is 4.87. The summed E-state index contributed by atoms with van der Waals surface area (Å²) in [5.74, 6) is 2.86. The SMILES string of the molecule is CCCCCn1nc(C(C)CC)nc1Cc1ccc(-c2ccccc2-c2nn[nH]n2)cn1. The van der Waals surface area contributed by atoms with E-state index in [1.165, 1.54) is 12.8 Å². The third-order valence-electron chi connectivity index (χ3n) is 5.78. The first kappa shape index (κ1) is 21.8. The van der Waals surface area contributed by atoms with Crippen LogP contribution in [0.5, 0.6) is 0 Å². The third-order valence-corrected chi connectivity index (χ3v) is 5.78. The number of hydrogen-bond acceptors (Lipinski definition) is 6. The van der Waals surface area contributed by atoms with E-state index < -0.39 is 0 Å². The molecule has 1 aromatic carbocycles. The predicted molar refractivity (Wildman–Crippen MR) is 124 cm³/mol. The minimum Gasteiger partial charge on any atom is -0.260 e. The highest BCUT2D eigenvalue weighted by atomic mass is 15.5. The lowest BCUT2D eigenvalue weighted by Crippen LogP contribution is -2.07. The Morgan fingerprint density at radius 1 is 1.03 bits per heavy atom. The predicted octanol–water partition coefficient (Wildman–Crippen LogP) is 4.81. The van der Waals surface area contributed by atoms with Crippen LogP contribution in [0.4, 0.5) is 0 Å². The summed E-state index contributed by atoms with van der Waals surface area (Å²) >= 11 is 0. The molecule has 1 N–H and O–H groups in total. The average Bonchev–Trinajstić information content (AvgIpc) is 3.50. The van der Waals surface area contributed by atoms with E-state index in [1.54, 1.807) is 0 Å². The first-order valence-corrected chi connectivity index (χ1v) is 11.4. The van der Waals surface area contributed by atoms with Crippen LogP contribution in [0, 0.1) is 0 Å². The lowest BCUT2D eigenvalue weighted by atomic mass is 10.0. The molecular formula is C24H30N8. The van der Waals surface area contributed by atoms with Crippen LogP contribution in [0.2, 0.25) is 0 Å². The van der Waals surface area contributed by atoms with Gasteiger partial charge in [0.05, 0.1) is 0 Å². The third kappa shape index (κ3) is 4.90. The summed E-state index contributed by atoms with van der Waals surface area (Å²) < 4.78 is 2.08. The monoisotopic (exact) mass is 430 g/mol. The molecule has 0 spiro atoms. The van der Waals surface area contributed by atoms with Crippen LogP contribution >= 0.6 is 0 Å². The number of pyridine rings is 1. The molecule has 0 aliphatic heterocycles. The number of tetrazole rings is 1. The Balaban J connectivity index is 1.57. The van der Waals surface area contributed by atoms with Crippen LogP contribution in [0.15, 0.2) is 42.6 Å². The number of rotatable bonds is 10. The highest BCUT2D eigenvalue weighted by Gasteiger charge is 2.16. The van der Waals surface area contributed by atoms with Gasteiger partial charge in [0.1, 0.15) is 5.82 Å². The number of aryl methyl sites for hydroxylation is 1. The molecule has 0 aliphatic rings. The van der Waals surface area contributed by atoms with Gasteiger partial charge in [-0.25, -0.2) is 9.67 Å². The minimum absolute atomic E-state index is 0.359. The minimum atomic E-state index is 0.359. The maximum Gasteiger partial charge on any atom is 0.205 e. The average molecular weight is 431 g/mol. The molecule has 8 heteroatoms. The van der Waals surface area contributed by atoms with Crippen LogP contribution < -0.4 is 0 Å². The summed E-state index contributed by atoms with van der Waals surface area (Å²) in [6, 6.07) is 12.2. The summed E-state index contributed by atoms with van der Waals surface area (Å²) in [6.45, 7) is 7.48. The first-order chi connectivity index (χ1) is 15.7. The summed E-state index contributed by atoms with van der Waals surface area (Å²) in [7, 11) is 0. The van der Waals surface area contributed by atoms with Crippen molar-refractivity contribution in [2.45, 2.75) is 65.3 Å². The van der Waals surface area contributed by atoms with E-state index in [0.717, 1.165) is 53.4 Å². The van der Waals surface area contributed by atoms with Gasteiger partial charge in [0.25, 0.3) is 0 Å². The smallest absolute Gasteiger partial charge is 0.205 e. The van der Waals surface area contributed by atoms with Crippen LogP contribution in [0.1, 0.15) is 69.7 Å². The molecule has 0 aliphatic carbocycles. The molecule has 8 nitrogen and oxygen atoms in total. The van der Waals surface area contributed by atoms with Crippen LogP contribution in [-0.2, 0) is 13.0 Å². The molecule has 1 unspecified atom stereocenters. The van der Waals surface area contributed by atoms with Gasteiger partial charge in [-0.1, -0.05) is 63.9 Å². The number of unbranched alkanes of at least 4 members (excludes halogenated alkanes) is 2. The highest BCUT2D eigenvalue weighted by Crippen LogP contribution is 2.29. The second-order valence-corrected chi connectivity index (χ2v) is 8.12. The molecule has 0 bridgehead atoms. The van der Waals surface area contributed by atoms with Gasteiger partial charge in [-0.3, -0.25) is 4.98 Å². The summed E-state index contributed by atoms with van der Waals surface area (Å²) in [5.41, 5.74) is 3.93. The fourth-order valence-corrected chi connectivity index (χ4v) is 3.66. The van der Waals surface area contributed by atoms with Crippen molar-refractivity contribution in [1.82, 2.24) is 40.4 Å². The molecule has 4 rings (SSSR count). The molecule has 3 aromatic heterocycles. The van der Waals surface area contributed by atoms with E-state index in [0.29, 0.717) is 18.2 Å². The van der Waals surface area contributed by atoms with Crippen LogP contribution in [-0.4, -0.2) is 40.4 Å². The Morgan fingerprint density at radius 3 is 2.56 bits per heavy atom. The number of hydrogen-bond donors (Lipinski definition) is 1. The summed E-state index contributed by atoms with van der Waals surface area (Å²) in [6.07, 6.45) is 7.11. The van der Waals surface area contributed by atoms with Crippen molar-refractivity contribution in [3.8, 4) is 22.5 Å². The molecule has 0 saturated carbocycles. The molecule has 0 amide bonds. The van der Waals surface area contributed by atoms with Gasteiger partial charge in [0.2, 0.25) is 5.82 Å². The molecule has 4 aromatic rings. The van der Waals surface area contributed by atoms with Crippen molar-refractivity contribution in [3.05, 3.63) is 59.9 Å². The summed E-state index contributed by atoms with van der Waals surface area (Å²) in [5, 5.41) is 19.3. The number of nitrogens with one attached hydrogen (secondary N) is 1. The van der Waals surface area contributed by atoms with Gasteiger partial charge in [-0.2, -0.15) is 10.3 Å². The molecule has 0 saturated heterocycles. The van der Waals surface area contributed by atoms with E-state index in [9.17, 15) is 0 Å². The van der Waals surface area contributed by atoms with Gasteiger partial charge < -0.3 is 0 Å². The Labute approximate surface area is 188 Å². The van der Waals surface area contributed by atoms with Crippen LogP contribution in [0.25, 0.3) is 22.5 Å². The van der Waals surface area contributed by atoms with Gasteiger partial charge in [0.15, 0.2) is 5.82 Å². The van der Waals surface area contributed by atoms with E-state index in [4.69, 9.17) is 15.1 Å². The normalized spacial score (nSPS) is 12.2. The number of H-pyrrole nitrogens is 1. The molecule has 166 valence electrons. The Morgan fingerprint density at radius 2 is 1.88 bits per heavy atom. The Bertz CT molecular complexity index is 1120. The standard InChI is InChI=1S/C24H30N8/c1-4-6-9-14-32-22(26-23(29-32)17(3)5-2)15-19-13-12-18(16-25-19)20-10-7-8-11-21(20)24-27-30-31-28-24/h7-8,10-13,16-17H,4-6,9,14-15H2,1-3H3,(H,27,28,30,31). The summed E-state index contributed by atoms with van der Waals surface area (Å²) in [4.78, 5) is 9.61. The zero-order valence-corrected chi connectivity index (χ0v) is 19.0. The van der Waals surface area contributed by atoms with E-state index in [1.807, 2.05) is 30.5 Å². The van der Waals surface area contributed by atoms with Crippen molar-refractivity contribution in [2.24, 2.45) is 0 Å². The first-order valence-electron chi connectivity index (χ1n) is 11.4. The fourth-order valence-electron chi connectivity index (χ4n) is 3.66. The van der Waals surface area contributed by atoms with Crippen molar-refractivity contribution in [1.29, 1.82) is 0 Å². The number of aromatic amines is 1. The molecular weight excluding hydrogens is 400 g/mol. The second-order valence-electron chi connectivity index (χ2n) is 8.12. The van der Waals surface area contributed by atoms with Gasteiger partial charge in [0, 0.05) is 41.9 Å². The number of benzene rings is 1. The van der Waals surface area contributed by atoms with Crippen molar-refractivity contribution in [2.75, 3.05) is 0 Å². The second kappa shape index (κ2) is 10.3. The molecule has 3 heterocycles. The molecule has 0 radical (unpaired) electrons. The molecule has 0 fully saturated rings. The Kier molecular flexibility index (Phi) is 6.99. The number of aromatic nitrogens is 8. The topological polar surface area (TPSA) is 98.1 Å². The van der Waals surface area contributed by atoms with Crippen LogP contribution in [0.3, 0.4) is 0 Å². The lowest BCUT2D eigenvalue weighted by molar-refractivity contribution is 0.526. The molecule has 32 heavy (non-hydrogen) atoms. The van der Waals surface area contributed by atoms with Gasteiger partial charge in [-0.15, -0.1) is 10.2 Å². The largest absolute Gasteiger partial charge is 0.260 e. The van der Waals surface area contributed by atoms with E-state index in [2.05, 4.69) is 58.2 Å². The zero-order chi connectivity index (χ0) is 22.3. The van der Waals surface area contributed by atoms with Gasteiger partial charge in [-0.05, 0) is 29.7 Å². The lowest BCUT2D eigenvalue weighted by Gasteiger charge is -2.08. The van der Waals surface area contributed by atoms with Crippen molar-refractivity contribution < 1.29 is 0 Å².